The Hall–Kier alpha value is -1.99. The molecule has 1 atom stereocenters. The van der Waals surface area contributed by atoms with Gasteiger partial charge in [-0.1, -0.05) is 12.1 Å². The third-order valence-corrected chi connectivity index (χ3v) is 5.39. The van der Waals surface area contributed by atoms with E-state index in [1.54, 1.807) is 12.1 Å². The number of piperidine rings is 1. The van der Waals surface area contributed by atoms with Crippen LogP contribution in [0.2, 0.25) is 0 Å². The molecule has 2 fully saturated rings. The predicted molar refractivity (Wildman–Crippen MR) is 90.3 cm³/mol. The summed E-state index contributed by atoms with van der Waals surface area (Å²) in [4.78, 5) is 25.4. The number of carbonyl (C=O) groups excluding carboxylic acids is 2. The Balaban J connectivity index is 1.91. The minimum Gasteiger partial charge on any atom is -0.381 e. The monoisotopic (exact) mass is 349 g/mol. The Labute approximate surface area is 146 Å². The van der Waals surface area contributed by atoms with E-state index in [1.165, 1.54) is 12.1 Å². The second-order valence-corrected chi connectivity index (χ2v) is 6.88. The number of primary amides is 1. The second-order valence-electron chi connectivity index (χ2n) is 6.88. The molecule has 0 saturated carbocycles. The standard InChI is InChI=1S/C18H24FN3O3/c19-14-4-2-13(3-5-14)17(6-1-9-21-12-17)16(24)22-18(15(20)23)7-10-25-11-8-18/h2-5,21H,1,6-12H2,(H2,20,23)(H,22,24)/t17-/m1/s1. The lowest BCUT2D eigenvalue weighted by Crippen LogP contribution is -2.65. The number of nitrogens with two attached hydrogens (primary N) is 1. The SMILES string of the molecule is NC(=O)C1(NC(=O)[C@]2(c3ccc(F)cc3)CCCNC2)CCOCC1. The van der Waals surface area contributed by atoms with Crippen LogP contribution in [0.25, 0.3) is 0 Å². The van der Waals surface area contributed by atoms with Crippen molar-refractivity contribution in [1.29, 1.82) is 0 Å². The lowest BCUT2D eigenvalue weighted by molar-refractivity contribution is -0.138. The third-order valence-electron chi connectivity index (χ3n) is 5.39. The highest BCUT2D eigenvalue weighted by Crippen LogP contribution is 2.33. The number of rotatable bonds is 4. The highest BCUT2D eigenvalue weighted by molar-refractivity contribution is 5.95. The van der Waals surface area contributed by atoms with Gasteiger partial charge in [-0.05, 0) is 37.1 Å². The Bertz CT molecular complexity index is 635. The molecule has 1 aromatic rings. The number of benzene rings is 1. The van der Waals surface area contributed by atoms with Crippen molar-refractivity contribution < 1.29 is 18.7 Å². The molecule has 2 amide bonds. The van der Waals surface area contributed by atoms with E-state index in [0.717, 1.165) is 18.5 Å². The van der Waals surface area contributed by atoms with E-state index in [4.69, 9.17) is 10.5 Å². The normalized spacial score (nSPS) is 26.0. The van der Waals surface area contributed by atoms with Gasteiger partial charge in [0.25, 0.3) is 0 Å². The van der Waals surface area contributed by atoms with Crippen LogP contribution >= 0.6 is 0 Å². The maximum Gasteiger partial charge on any atom is 0.243 e. The number of nitrogens with one attached hydrogen (secondary N) is 2. The highest BCUT2D eigenvalue weighted by atomic mass is 19.1. The van der Waals surface area contributed by atoms with Gasteiger partial charge in [0.05, 0.1) is 5.41 Å². The summed E-state index contributed by atoms with van der Waals surface area (Å²) in [7, 11) is 0. The first-order valence-corrected chi connectivity index (χ1v) is 8.66. The number of hydrogen-bond donors (Lipinski definition) is 3. The van der Waals surface area contributed by atoms with Crippen molar-refractivity contribution in [2.75, 3.05) is 26.3 Å². The summed E-state index contributed by atoms with van der Waals surface area (Å²) < 4.78 is 18.6. The number of halogens is 1. The fraction of sp³-hybridized carbons (Fsp3) is 0.556. The molecule has 7 heteroatoms. The molecule has 6 nitrogen and oxygen atoms in total. The summed E-state index contributed by atoms with van der Waals surface area (Å²) in [5, 5.41) is 6.18. The maximum atomic E-state index is 13.3. The van der Waals surface area contributed by atoms with E-state index in [9.17, 15) is 14.0 Å². The van der Waals surface area contributed by atoms with Crippen LogP contribution in [-0.2, 0) is 19.7 Å². The lowest BCUT2D eigenvalue weighted by Gasteiger charge is -2.42. The Morgan fingerprint density at radius 2 is 1.84 bits per heavy atom. The average Bonchev–Trinajstić information content (AvgIpc) is 2.63. The Morgan fingerprint density at radius 1 is 1.16 bits per heavy atom. The molecular formula is C18H24FN3O3. The topological polar surface area (TPSA) is 93.5 Å². The van der Waals surface area contributed by atoms with Gasteiger partial charge in [0.15, 0.2) is 0 Å². The maximum absolute atomic E-state index is 13.3. The van der Waals surface area contributed by atoms with E-state index in [2.05, 4.69) is 10.6 Å². The summed E-state index contributed by atoms with van der Waals surface area (Å²) >= 11 is 0. The minimum absolute atomic E-state index is 0.244. The van der Waals surface area contributed by atoms with Gasteiger partial charge in [0.2, 0.25) is 11.8 Å². The van der Waals surface area contributed by atoms with E-state index >= 15 is 0 Å². The van der Waals surface area contributed by atoms with Crippen LogP contribution in [0, 0.1) is 5.82 Å². The van der Waals surface area contributed by atoms with Crippen LogP contribution in [0.5, 0.6) is 0 Å². The zero-order valence-corrected chi connectivity index (χ0v) is 14.1. The number of hydrogen-bond acceptors (Lipinski definition) is 4. The van der Waals surface area contributed by atoms with Gasteiger partial charge in [-0.15, -0.1) is 0 Å². The number of ether oxygens (including phenoxy) is 1. The van der Waals surface area contributed by atoms with Crippen molar-refractivity contribution in [3.63, 3.8) is 0 Å². The third kappa shape index (κ3) is 3.39. The quantitative estimate of drug-likeness (QED) is 0.742. The summed E-state index contributed by atoms with van der Waals surface area (Å²) in [5.74, 6) is -1.13. The van der Waals surface area contributed by atoms with Gasteiger partial charge < -0.3 is 21.1 Å². The van der Waals surface area contributed by atoms with E-state index in [-0.39, 0.29) is 11.7 Å². The van der Waals surface area contributed by atoms with Crippen molar-refractivity contribution in [3.8, 4) is 0 Å². The first-order valence-electron chi connectivity index (χ1n) is 8.66. The van der Waals surface area contributed by atoms with Gasteiger partial charge in [-0.3, -0.25) is 9.59 Å². The van der Waals surface area contributed by atoms with Crippen molar-refractivity contribution in [1.82, 2.24) is 10.6 Å². The fourth-order valence-corrected chi connectivity index (χ4v) is 3.74. The summed E-state index contributed by atoms with van der Waals surface area (Å²) in [6.45, 7) is 2.02. The van der Waals surface area contributed by atoms with E-state index in [1.807, 2.05) is 0 Å². The number of amides is 2. The molecule has 0 bridgehead atoms. The van der Waals surface area contributed by atoms with Crippen LogP contribution in [-0.4, -0.2) is 43.7 Å². The molecule has 2 aliphatic rings. The average molecular weight is 349 g/mol. The smallest absolute Gasteiger partial charge is 0.243 e. The first kappa shape index (κ1) is 17.8. The van der Waals surface area contributed by atoms with Gasteiger partial charge >= 0.3 is 0 Å². The summed E-state index contributed by atoms with van der Waals surface area (Å²) in [6.07, 6.45) is 2.17. The minimum atomic E-state index is -1.08. The van der Waals surface area contributed by atoms with Crippen LogP contribution in [0.3, 0.4) is 0 Å². The highest BCUT2D eigenvalue weighted by Gasteiger charge is 2.47. The van der Waals surface area contributed by atoms with Gasteiger partial charge in [-0.25, -0.2) is 4.39 Å². The van der Waals surface area contributed by atoms with Crippen molar-refractivity contribution in [2.45, 2.75) is 36.6 Å². The van der Waals surface area contributed by atoms with E-state index in [0.29, 0.717) is 39.0 Å². The number of carbonyl (C=O) groups is 2. The molecule has 0 spiro atoms. The van der Waals surface area contributed by atoms with E-state index < -0.39 is 16.9 Å². The second kappa shape index (κ2) is 7.09. The van der Waals surface area contributed by atoms with Crippen LogP contribution in [0.1, 0.15) is 31.2 Å². The lowest BCUT2D eigenvalue weighted by atomic mass is 9.73. The zero-order valence-electron chi connectivity index (χ0n) is 14.1. The molecule has 0 radical (unpaired) electrons. The van der Waals surface area contributed by atoms with Gasteiger partial charge in [-0.2, -0.15) is 0 Å². The molecule has 0 unspecified atom stereocenters. The molecular weight excluding hydrogens is 325 g/mol. The van der Waals surface area contributed by atoms with Gasteiger partial charge in [0.1, 0.15) is 11.4 Å². The van der Waals surface area contributed by atoms with Crippen LogP contribution in [0.15, 0.2) is 24.3 Å². The molecule has 4 N–H and O–H groups in total. The predicted octanol–water partition coefficient (Wildman–Crippen LogP) is 0.598. The van der Waals surface area contributed by atoms with Crippen molar-refractivity contribution >= 4 is 11.8 Å². The molecule has 0 aromatic heterocycles. The van der Waals surface area contributed by atoms with Crippen LogP contribution in [0.4, 0.5) is 4.39 Å². The Morgan fingerprint density at radius 3 is 2.40 bits per heavy atom. The fourth-order valence-electron chi connectivity index (χ4n) is 3.74. The zero-order chi connectivity index (χ0) is 17.9. The Kier molecular flexibility index (Phi) is 5.06. The van der Waals surface area contributed by atoms with Gasteiger partial charge in [0, 0.05) is 32.6 Å². The summed E-state index contributed by atoms with van der Waals surface area (Å²) in [5.41, 5.74) is 4.42. The molecule has 2 aliphatic heterocycles. The molecule has 2 saturated heterocycles. The molecule has 1 aromatic carbocycles. The molecule has 136 valence electrons. The molecule has 3 rings (SSSR count). The summed E-state index contributed by atoms with van der Waals surface area (Å²) in [6, 6.07) is 6.00. The molecule has 25 heavy (non-hydrogen) atoms. The molecule has 0 aliphatic carbocycles. The molecule has 2 heterocycles. The van der Waals surface area contributed by atoms with Crippen molar-refractivity contribution in [2.24, 2.45) is 5.73 Å². The van der Waals surface area contributed by atoms with Crippen molar-refractivity contribution in [3.05, 3.63) is 35.6 Å². The van der Waals surface area contributed by atoms with Crippen LogP contribution < -0.4 is 16.4 Å². The largest absolute Gasteiger partial charge is 0.381 e. The first-order chi connectivity index (χ1) is 12.0.